The molecule has 2 aromatic rings. The molecule has 0 saturated heterocycles. The van der Waals surface area contributed by atoms with Crippen LogP contribution in [0.3, 0.4) is 0 Å². The molecule has 3 nitrogen and oxygen atoms in total. The van der Waals surface area contributed by atoms with Crippen molar-refractivity contribution in [2.75, 3.05) is 0 Å². The summed E-state index contributed by atoms with van der Waals surface area (Å²) in [4.78, 5) is 16.3. The Morgan fingerprint density at radius 1 is 1.05 bits per heavy atom. The Balaban J connectivity index is 1.99. The molecule has 0 saturated carbocycles. The summed E-state index contributed by atoms with van der Waals surface area (Å²) in [6.07, 6.45) is 1.78. The maximum atomic E-state index is 12.0. The predicted octanol–water partition coefficient (Wildman–Crippen LogP) is 3.65. The van der Waals surface area contributed by atoms with Gasteiger partial charge in [-0.2, -0.15) is 0 Å². The fourth-order valence-corrected chi connectivity index (χ4v) is 2.18. The van der Waals surface area contributed by atoms with Gasteiger partial charge in [0.2, 0.25) is 5.90 Å². The molecule has 1 aliphatic heterocycles. The Morgan fingerprint density at radius 2 is 1.81 bits per heavy atom. The van der Waals surface area contributed by atoms with Crippen molar-refractivity contribution in [2.45, 2.75) is 13.8 Å². The van der Waals surface area contributed by atoms with Crippen LogP contribution in [-0.2, 0) is 9.53 Å². The van der Waals surface area contributed by atoms with Gasteiger partial charge in [0, 0.05) is 5.56 Å². The molecule has 0 aliphatic carbocycles. The molecule has 0 amide bonds. The first-order valence-electron chi connectivity index (χ1n) is 6.79. The molecule has 0 spiro atoms. The maximum absolute atomic E-state index is 12.0. The molecule has 2 aromatic carbocycles. The predicted molar refractivity (Wildman–Crippen MR) is 83.0 cm³/mol. The lowest BCUT2D eigenvalue weighted by atomic mass is 10.0. The lowest BCUT2D eigenvalue weighted by molar-refractivity contribution is -0.129. The van der Waals surface area contributed by atoms with Crippen molar-refractivity contribution in [3.63, 3.8) is 0 Å². The van der Waals surface area contributed by atoms with E-state index in [9.17, 15) is 4.79 Å². The molecular formula is C18H15NO2. The van der Waals surface area contributed by atoms with Crippen LogP contribution in [0.5, 0.6) is 0 Å². The number of carbonyl (C=O) groups excluding carboxylic acids is 1. The average molecular weight is 277 g/mol. The van der Waals surface area contributed by atoms with Crippen LogP contribution in [-0.4, -0.2) is 11.9 Å². The molecule has 0 aromatic heterocycles. The molecule has 3 heteroatoms. The average Bonchev–Trinajstić information content (AvgIpc) is 2.85. The van der Waals surface area contributed by atoms with E-state index in [1.165, 1.54) is 0 Å². The number of aliphatic imine (C=N–C) groups is 1. The van der Waals surface area contributed by atoms with E-state index in [1.807, 2.05) is 62.4 Å². The quantitative estimate of drug-likeness (QED) is 0.621. The minimum absolute atomic E-state index is 0.336. The zero-order valence-electron chi connectivity index (χ0n) is 12.0. The number of carbonyl (C=O) groups is 1. The highest BCUT2D eigenvalue weighted by molar-refractivity contribution is 6.12. The SMILES string of the molecule is Cc1ccc(C)c(/C=C2\N=C(c3ccccc3)OC2=O)c1. The highest BCUT2D eigenvalue weighted by atomic mass is 16.6. The Morgan fingerprint density at radius 3 is 2.57 bits per heavy atom. The molecule has 1 heterocycles. The van der Waals surface area contributed by atoms with Crippen LogP contribution < -0.4 is 0 Å². The largest absolute Gasteiger partial charge is 0.402 e. The third-order valence-electron chi connectivity index (χ3n) is 3.37. The Bertz CT molecular complexity index is 758. The number of cyclic esters (lactones) is 1. The Kier molecular flexibility index (Phi) is 3.40. The Hall–Kier alpha value is -2.68. The van der Waals surface area contributed by atoms with Gasteiger partial charge in [-0.05, 0) is 43.2 Å². The summed E-state index contributed by atoms with van der Waals surface area (Å²) in [5, 5.41) is 0. The highest BCUT2D eigenvalue weighted by Crippen LogP contribution is 2.21. The van der Waals surface area contributed by atoms with Crippen molar-refractivity contribution in [2.24, 2.45) is 4.99 Å². The van der Waals surface area contributed by atoms with Gasteiger partial charge in [-0.25, -0.2) is 9.79 Å². The third-order valence-corrected chi connectivity index (χ3v) is 3.37. The van der Waals surface area contributed by atoms with E-state index in [2.05, 4.69) is 4.99 Å². The van der Waals surface area contributed by atoms with Gasteiger partial charge in [-0.3, -0.25) is 0 Å². The van der Waals surface area contributed by atoms with Crippen LogP contribution in [0.4, 0.5) is 0 Å². The summed E-state index contributed by atoms with van der Waals surface area (Å²) in [7, 11) is 0. The first-order chi connectivity index (χ1) is 10.1. The summed E-state index contributed by atoms with van der Waals surface area (Å²) in [5.41, 5.74) is 4.37. The summed E-state index contributed by atoms with van der Waals surface area (Å²) in [6, 6.07) is 15.5. The minimum atomic E-state index is -0.408. The molecular weight excluding hydrogens is 262 g/mol. The zero-order chi connectivity index (χ0) is 14.8. The fourth-order valence-electron chi connectivity index (χ4n) is 2.18. The van der Waals surface area contributed by atoms with Crippen molar-refractivity contribution in [3.05, 3.63) is 76.5 Å². The van der Waals surface area contributed by atoms with E-state index in [0.717, 1.165) is 22.3 Å². The van der Waals surface area contributed by atoms with Gasteiger partial charge in [0.25, 0.3) is 0 Å². The molecule has 0 N–H and O–H groups in total. The summed E-state index contributed by atoms with van der Waals surface area (Å²) < 4.78 is 5.25. The smallest absolute Gasteiger partial charge is 0.363 e. The molecule has 0 bridgehead atoms. The number of hydrogen-bond donors (Lipinski definition) is 0. The monoisotopic (exact) mass is 277 g/mol. The van der Waals surface area contributed by atoms with E-state index in [1.54, 1.807) is 6.08 Å². The standard InChI is InChI=1S/C18H15NO2/c1-12-8-9-13(2)15(10-12)11-16-18(20)21-17(19-16)14-6-4-3-5-7-14/h3-11H,1-2H3/b16-11-. The minimum Gasteiger partial charge on any atom is -0.402 e. The zero-order valence-corrected chi connectivity index (χ0v) is 12.0. The molecule has 0 fully saturated rings. The number of esters is 1. The van der Waals surface area contributed by atoms with Crippen LogP contribution in [0.25, 0.3) is 6.08 Å². The number of nitrogens with zero attached hydrogens (tertiary/aromatic N) is 1. The van der Waals surface area contributed by atoms with Gasteiger partial charge in [0.05, 0.1) is 0 Å². The van der Waals surface area contributed by atoms with Gasteiger partial charge >= 0.3 is 5.97 Å². The van der Waals surface area contributed by atoms with Gasteiger partial charge in [0.1, 0.15) is 0 Å². The fraction of sp³-hybridized carbons (Fsp3) is 0.111. The number of aryl methyl sites for hydroxylation is 2. The van der Waals surface area contributed by atoms with Gasteiger partial charge in [-0.15, -0.1) is 0 Å². The summed E-state index contributed by atoms with van der Waals surface area (Å²) in [5.74, 6) is -0.0492. The molecule has 0 atom stereocenters. The third kappa shape index (κ3) is 2.77. The normalized spacial score (nSPS) is 16.0. The van der Waals surface area contributed by atoms with Crippen molar-refractivity contribution < 1.29 is 9.53 Å². The van der Waals surface area contributed by atoms with E-state index in [0.29, 0.717) is 11.6 Å². The van der Waals surface area contributed by atoms with E-state index in [4.69, 9.17) is 4.74 Å². The van der Waals surface area contributed by atoms with Gasteiger partial charge in [-0.1, -0.05) is 42.0 Å². The van der Waals surface area contributed by atoms with Crippen LogP contribution in [0.1, 0.15) is 22.3 Å². The van der Waals surface area contributed by atoms with Crippen LogP contribution in [0.15, 0.2) is 59.2 Å². The molecule has 21 heavy (non-hydrogen) atoms. The van der Waals surface area contributed by atoms with Crippen LogP contribution >= 0.6 is 0 Å². The van der Waals surface area contributed by atoms with E-state index < -0.39 is 5.97 Å². The van der Waals surface area contributed by atoms with Crippen molar-refractivity contribution in [1.29, 1.82) is 0 Å². The van der Waals surface area contributed by atoms with Crippen LogP contribution in [0, 0.1) is 13.8 Å². The number of rotatable bonds is 2. The Labute approximate surface area is 123 Å². The van der Waals surface area contributed by atoms with Gasteiger partial charge < -0.3 is 4.74 Å². The van der Waals surface area contributed by atoms with Crippen molar-refractivity contribution in [3.8, 4) is 0 Å². The highest BCUT2D eigenvalue weighted by Gasteiger charge is 2.24. The second kappa shape index (κ2) is 5.37. The van der Waals surface area contributed by atoms with Crippen molar-refractivity contribution in [1.82, 2.24) is 0 Å². The second-order valence-corrected chi connectivity index (χ2v) is 5.06. The molecule has 1 aliphatic rings. The maximum Gasteiger partial charge on any atom is 0.363 e. The number of benzene rings is 2. The molecule has 3 rings (SSSR count). The first kappa shape index (κ1) is 13.3. The van der Waals surface area contributed by atoms with E-state index >= 15 is 0 Å². The topological polar surface area (TPSA) is 38.7 Å². The second-order valence-electron chi connectivity index (χ2n) is 5.06. The van der Waals surface area contributed by atoms with Crippen LogP contribution in [0.2, 0.25) is 0 Å². The lowest BCUT2D eigenvalue weighted by Crippen LogP contribution is -2.05. The lowest BCUT2D eigenvalue weighted by Gasteiger charge is -2.01. The summed E-state index contributed by atoms with van der Waals surface area (Å²) >= 11 is 0. The van der Waals surface area contributed by atoms with Crippen molar-refractivity contribution >= 4 is 17.9 Å². The first-order valence-corrected chi connectivity index (χ1v) is 6.79. The van der Waals surface area contributed by atoms with E-state index in [-0.39, 0.29) is 0 Å². The molecule has 104 valence electrons. The number of hydrogen-bond acceptors (Lipinski definition) is 3. The van der Waals surface area contributed by atoms with Gasteiger partial charge in [0.15, 0.2) is 5.70 Å². The number of ether oxygens (including phenoxy) is 1. The summed E-state index contributed by atoms with van der Waals surface area (Å²) in [6.45, 7) is 4.03. The molecule has 0 radical (unpaired) electrons. The molecule has 0 unspecified atom stereocenters.